The van der Waals surface area contributed by atoms with Crippen molar-refractivity contribution in [3.63, 3.8) is 0 Å². The predicted molar refractivity (Wildman–Crippen MR) is 138 cm³/mol. The number of methoxy groups -OCH3 is 1. The van der Waals surface area contributed by atoms with E-state index in [0.717, 1.165) is 29.8 Å². The van der Waals surface area contributed by atoms with Gasteiger partial charge in [-0.3, -0.25) is 9.59 Å². The minimum atomic E-state index is -0.199. The lowest BCUT2D eigenvalue weighted by atomic mass is 10.1. The van der Waals surface area contributed by atoms with Gasteiger partial charge in [0.1, 0.15) is 5.75 Å². The summed E-state index contributed by atoms with van der Waals surface area (Å²) >= 11 is 0. The van der Waals surface area contributed by atoms with Gasteiger partial charge in [0.15, 0.2) is 0 Å². The second-order valence-corrected chi connectivity index (χ2v) is 8.23. The number of benzene rings is 3. The third-order valence-electron chi connectivity index (χ3n) is 5.56. The molecule has 3 rings (SSSR count). The van der Waals surface area contributed by atoms with Crippen molar-refractivity contribution in [2.75, 3.05) is 24.3 Å². The number of hydrogen-bond acceptors (Lipinski definition) is 4. The average molecular weight is 460 g/mol. The summed E-state index contributed by atoms with van der Waals surface area (Å²) in [6, 6.07) is 20.2. The van der Waals surface area contributed by atoms with Crippen molar-refractivity contribution in [2.24, 2.45) is 0 Å². The third-order valence-corrected chi connectivity index (χ3v) is 5.56. The normalized spacial score (nSPS) is 10.4. The van der Waals surface area contributed by atoms with Crippen molar-refractivity contribution in [3.05, 3.63) is 83.4 Å². The number of anilines is 3. The van der Waals surface area contributed by atoms with E-state index in [1.54, 1.807) is 31.4 Å². The van der Waals surface area contributed by atoms with E-state index in [-0.39, 0.29) is 11.8 Å². The van der Waals surface area contributed by atoms with Crippen molar-refractivity contribution in [1.82, 2.24) is 5.32 Å². The molecule has 0 heterocycles. The fraction of sp³-hybridized carbons (Fsp3) is 0.286. The highest BCUT2D eigenvalue weighted by Gasteiger charge is 2.09. The molecular formula is C28H33N3O3. The number of nitrogens with one attached hydrogen (secondary N) is 3. The van der Waals surface area contributed by atoms with Gasteiger partial charge in [0.2, 0.25) is 0 Å². The molecule has 0 aromatic heterocycles. The van der Waals surface area contributed by atoms with E-state index < -0.39 is 0 Å². The molecule has 6 heteroatoms. The van der Waals surface area contributed by atoms with Gasteiger partial charge < -0.3 is 20.7 Å². The quantitative estimate of drug-likeness (QED) is 0.294. The summed E-state index contributed by atoms with van der Waals surface area (Å²) < 4.78 is 5.18. The molecular weight excluding hydrogens is 426 g/mol. The first kappa shape index (κ1) is 24.8. The second kappa shape index (κ2) is 12.4. The van der Waals surface area contributed by atoms with Gasteiger partial charge in [0.25, 0.3) is 11.8 Å². The van der Waals surface area contributed by atoms with Crippen molar-refractivity contribution in [1.29, 1.82) is 0 Å². The number of unbranched alkanes of at least 4 members (excludes halogenated alkanes) is 3. The first-order valence-electron chi connectivity index (χ1n) is 11.7. The molecule has 0 aliphatic heterocycles. The van der Waals surface area contributed by atoms with Gasteiger partial charge in [-0.1, -0.05) is 32.3 Å². The van der Waals surface area contributed by atoms with E-state index in [4.69, 9.17) is 4.74 Å². The molecule has 0 radical (unpaired) electrons. The highest BCUT2D eigenvalue weighted by Crippen LogP contribution is 2.23. The second-order valence-electron chi connectivity index (χ2n) is 8.23. The van der Waals surface area contributed by atoms with Crippen LogP contribution in [-0.4, -0.2) is 25.5 Å². The molecule has 0 atom stereocenters. The number of hydrogen-bond donors (Lipinski definition) is 3. The number of carbonyl (C=O) groups is 2. The number of ether oxygens (including phenoxy) is 1. The molecule has 3 aromatic carbocycles. The average Bonchev–Trinajstić information content (AvgIpc) is 2.86. The number of rotatable bonds is 11. The Kier molecular flexibility index (Phi) is 9.09. The van der Waals surface area contributed by atoms with Crippen LogP contribution < -0.4 is 20.7 Å². The van der Waals surface area contributed by atoms with Crippen LogP contribution in [0.3, 0.4) is 0 Å². The molecule has 0 aliphatic rings. The summed E-state index contributed by atoms with van der Waals surface area (Å²) in [4.78, 5) is 24.9. The molecule has 0 unspecified atom stereocenters. The number of carbonyl (C=O) groups excluding carboxylic acids is 2. The highest BCUT2D eigenvalue weighted by molar-refractivity contribution is 6.04. The molecule has 3 aromatic rings. The van der Waals surface area contributed by atoms with E-state index >= 15 is 0 Å². The van der Waals surface area contributed by atoms with Gasteiger partial charge in [-0.25, -0.2) is 0 Å². The lowest BCUT2D eigenvalue weighted by Gasteiger charge is -2.13. The van der Waals surface area contributed by atoms with Gasteiger partial charge >= 0.3 is 0 Å². The van der Waals surface area contributed by atoms with Crippen LogP contribution in [0, 0.1) is 6.92 Å². The van der Waals surface area contributed by atoms with Crippen LogP contribution >= 0.6 is 0 Å². The van der Waals surface area contributed by atoms with Crippen molar-refractivity contribution in [3.8, 4) is 5.75 Å². The minimum Gasteiger partial charge on any atom is -0.497 e. The van der Waals surface area contributed by atoms with Crippen LogP contribution in [0.25, 0.3) is 0 Å². The molecule has 0 fully saturated rings. The van der Waals surface area contributed by atoms with Crippen molar-refractivity contribution in [2.45, 2.75) is 39.5 Å². The molecule has 6 nitrogen and oxygen atoms in total. The maximum Gasteiger partial charge on any atom is 0.255 e. The van der Waals surface area contributed by atoms with Crippen LogP contribution in [0.1, 0.15) is 58.9 Å². The Labute approximate surface area is 201 Å². The minimum absolute atomic E-state index is 0.0396. The number of amides is 2. The van der Waals surface area contributed by atoms with Gasteiger partial charge in [-0.2, -0.15) is 0 Å². The Morgan fingerprint density at radius 1 is 0.824 bits per heavy atom. The lowest BCUT2D eigenvalue weighted by Crippen LogP contribution is -2.24. The Balaban J connectivity index is 1.56. The molecule has 3 N–H and O–H groups in total. The van der Waals surface area contributed by atoms with E-state index in [1.165, 1.54) is 12.8 Å². The van der Waals surface area contributed by atoms with Gasteiger partial charge in [0.05, 0.1) is 7.11 Å². The lowest BCUT2D eigenvalue weighted by molar-refractivity contribution is 0.0952. The smallest absolute Gasteiger partial charge is 0.255 e. The topological polar surface area (TPSA) is 79.5 Å². The fourth-order valence-corrected chi connectivity index (χ4v) is 3.56. The first-order chi connectivity index (χ1) is 16.5. The van der Waals surface area contributed by atoms with Crippen molar-refractivity contribution >= 4 is 28.9 Å². The van der Waals surface area contributed by atoms with Crippen LogP contribution in [0.5, 0.6) is 5.75 Å². The van der Waals surface area contributed by atoms with E-state index in [2.05, 4.69) is 22.9 Å². The molecule has 34 heavy (non-hydrogen) atoms. The van der Waals surface area contributed by atoms with Gasteiger partial charge in [-0.05, 0) is 79.6 Å². The largest absolute Gasteiger partial charge is 0.497 e. The van der Waals surface area contributed by atoms with Crippen LogP contribution in [-0.2, 0) is 0 Å². The maximum atomic E-state index is 12.5. The first-order valence-corrected chi connectivity index (χ1v) is 11.7. The summed E-state index contributed by atoms with van der Waals surface area (Å²) in [7, 11) is 1.57. The van der Waals surface area contributed by atoms with Crippen LogP contribution in [0.4, 0.5) is 17.1 Å². The summed E-state index contributed by atoms with van der Waals surface area (Å²) in [6.07, 6.45) is 4.53. The molecule has 0 spiro atoms. The molecule has 0 saturated heterocycles. The predicted octanol–water partition coefficient (Wildman–Crippen LogP) is 6.31. The Morgan fingerprint density at radius 2 is 1.56 bits per heavy atom. The zero-order valence-electron chi connectivity index (χ0n) is 20.1. The Bertz CT molecular complexity index is 1110. The standard InChI is InChI=1S/C28H33N3O3/c1-4-5-6-7-17-29-27(32)22-11-16-26(20(2)18-22)30-23-12-14-24(15-13-23)31-28(33)21-9-8-10-25(19-21)34-3/h8-16,18-19,30H,4-7,17H2,1-3H3,(H,29,32)(H,31,33). The SMILES string of the molecule is CCCCCCNC(=O)c1ccc(Nc2ccc(NC(=O)c3cccc(OC)c3)cc2)c(C)c1. The fourth-order valence-electron chi connectivity index (χ4n) is 3.56. The number of aryl methyl sites for hydroxylation is 1. The molecule has 0 aliphatic carbocycles. The zero-order chi connectivity index (χ0) is 24.3. The van der Waals surface area contributed by atoms with E-state index in [9.17, 15) is 9.59 Å². The zero-order valence-corrected chi connectivity index (χ0v) is 20.1. The third kappa shape index (κ3) is 7.10. The van der Waals surface area contributed by atoms with E-state index in [1.807, 2.05) is 49.4 Å². The maximum absolute atomic E-state index is 12.5. The molecule has 0 bridgehead atoms. The summed E-state index contributed by atoms with van der Waals surface area (Å²) in [6.45, 7) is 4.86. The monoisotopic (exact) mass is 459 g/mol. The van der Waals surface area contributed by atoms with Crippen molar-refractivity contribution < 1.29 is 14.3 Å². The summed E-state index contributed by atoms with van der Waals surface area (Å²) in [5.41, 5.74) is 4.68. The van der Waals surface area contributed by atoms with Gasteiger partial charge in [0, 0.05) is 34.7 Å². The Morgan fingerprint density at radius 3 is 2.26 bits per heavy atom. The van der Waals surface area contributed by atoms with E-state index in [0.29, 0.717) is 29.1 Å². The van der Waals surface area contributed by atoms with Gasteiger partial charge in [-0.15, -0.1) is 0 Å². The Hall–Kier alpha value is -3.80. The molecule has 0 saturated carbocycles. The van der Waals surface area contributed by atoms with Crippen LogP contribution in [0.2, 0.25) is 0 Å². The molecule has 2 amide bonds. The molecule has 178 valence electrons. The summed E-state index contributed by atoms with van der Waals surface area (Å²) in [5.74, 6) is 0.398. The summed E-state index contributed by atoms with van der Waals surface area (Å²) in [5, 5.41) is 9.26. The van der Waals surface area contributed by atoms with Crippen LogP contribution in [0.15, 0.2) is 66.7 Å². The highest BCUT2D eigenvalue weighted by atomic mass is 16.5.